The molecule has 1 aromatic heterocycles. The Labute approximate surface area is 158 Å². The highest BCUT2D eigenvalue weighted by Crippen LogP contribution is 2.33. The summed E-state index contributed by atoms with van der Waals surface area (Å²) in [6.45, 7) is 5.84. The summed E-state index contributed by atoms with van der Waals surface area (Å²) < 4.78 is 11.7. The fourth-order valence-electron chi connectivity index (χ4n) is 3.16. The molecule has 0 saturated carbocycles. The summed E-state index contributed by atoms with van der Waals surface area (Å²) in [5.41, 5.74) is 1.000. The zero-order valence-electron chi connectivity index (χ0n) is 15.5. The lowest BCUT2D eigenvalue weighted by Gasteiger charge is -2.31. The number of carbonyl (C=O) groups is 1. The Kier molecular flexibility index (Phi) is 6.68. The molecule has 6 nitrogen and oxygen atoms in total. The van der Waals surface area contributed by atoms with Gasteiger partial charge < -0.3 is 19.7 Å². The van der Waals surface area contributed by atoms with E-state index in [-0.39, 0.29) is 11.8 Å². The molecule has 142 valence electrons. The summed E-state index contributed by atoms with van der Waals surface area (Å²) in [6.07, 6.45) is 2.61. The van der Waals surface area contributed by atoms with Crippen LogP contribution in [0.5, 0.6) is 5.75 Å². The molecule has 2 aromatic rings. The third-order valence-corrected chi connectivity index (χ3v) is 5.77. The maximum Gasteiger partial charge on any atom is 0.223 e. The molecule has 0 unspecified atom stereocenters. The molecule has 1 fully saturated rings. The fourth-order valence-corrected chi connectivity index (χ4v) is 4.21. The predicted molar refractivity (Wildman–Crippen MR) is 105 cm³/mol. The molecule has 0 aliphatic carbocycles. The monoisotopic (exact) mass is 377 g/mol. The van der Waals surface area contributed by atoms with E-state index in [9.17, 15) is 4.79 Å². The molecule has 0 radical (unpaired) electrons. The van der Waals surface area contributed by atoms with E-state index in [1.807, 2.05) is 25.1 Å². The molecule has 0 spiro atoms. The number of rotatable bonds is 8. The van der Waals surface area contributed by atoms with Crippen molar-refractivity contribution in [1.82, 2.24) is 10.3 Å². The molecule has 1 aromatic carbocycles. The van der Waals surface area contributed by atoms with Gasteiger partial charge in [-0.2, -0.15) is 0 Å². The van der Waals surface area contributed by atoms with Gasteiger partial charge in [0.15, 0.2) is 5.13 Å². The van der Waals surface area contributed by atoms with Crippen LogP contribution in [0.4, 0.5) is 5.13 Å². The highest BCUT2D eigenvalue weighted by Gasteiger charge is 2.26. The predicted octanol–water partition coefficient (Wildman–Crippen LogP) is 3.06. The van der Waals surface area contributed by atoms with E-state index >= 15 is 0 Å². The molecule has 0 bridgehead atoms. The minimum absolute atomic E-state index is 0.104. The van der Waals surface area contributed by atoms with Gasteiger partial charge in [0.1, 0.15) is 5.75 Å². The number of ether oxygens (including phenoxy) is 2. The lowest BCUT2D eigenvalue weighted by molar-refractivity contribution is -0.125. The van der Waals surface area contributed by atoms with Crippen LogP contribution in [-0.4, -0.2) is 50.8 Å². The van der Waals surface area contributed by atoms with Gasteiger partial charge in [-0.05, 0) is 44.4 Å². The summed E-state index contributed by atoms with van der Waals surface area (Å²) in [4.78, 5) is 19.3. The fraction of sp³-hybridized carbons (Fsp3) is 0.579. The van der Waals surface area contributed by atoms with Crippen molar-refractivity contribution in [2.75, 3.05) is 44.9 Å². The van der Waals surface area contributed by atoms with Crippen molar-refractivity contribution in [3.05, 3.63) is 18.2 Å². The van der Waals surface area contributed by atoms with Gasteiger partial charge in [0.25, 0.3) is 0 Å². The molecule has 2 heterocycles. The zero-order valence-corrected chi connectivity index (χ0v) is 16.3. The number of thiazole rings is 1. The van der Waals surface area contributed by atoms with Crippen molar-refractivity contribution in [1.29, 1.82) is 0 Å². The number of carbonyl (C=O) groups excluding carboxylic acids is 1. The number of piperidine rings is 1. The lowest BCUT2D eigenvalue weighted by atomic mass is 9.96. The molecule has 1 aliphatic rings. The smallest absolute Gasteiger partial charge is 0.223 e. The number of hydrogen-bond acceptors (Lipinski definition) is 6. The number of hydrogen-bond donors (Lipinski definition) is 1. The number of benzene rings is 1. The summed E-state index contributed by atoms with van der Waals surface area (Å²) in [5.74, 6) is 1.13. The molecule has 3 rings (SSSR count). The van der Waals surface area contributed by atoms with Crippen LogP contribution in [0.15, 0.2) is 18.2 Å². The topological polar surface area (TPSA) is 63.7 Å². The van der Waals surface area contributed by atoms with Gasteiger partial charge in [0.2, 0.25) is 5.91 Å². The number of nitrogens with zero attached hydrogens (tertiary/aromatic N) is 2. The molecule has 1 amide bonds. The average Bonchev–Trinajstić information content (AvgIpc) is 3.11. The maximum absolute atomic E-state index is 12.3. The highest BCUT2D eigenvalue weighted by atomic mass is 32.1. The molecule has 1 aliphatic heterocycles. The van der Waals surface area contributed by atoms with Crippen LogP contribution in [0.1, 0.15) is 26.2 Å². The molecule has 26 heavy (non-hydrogen) atoms. The zero-order chi connectivity index (χ0) is 18.4. The first-order valence-electron chi connectivity index (χ1n) is 9.26. The van der Waals surface area contributed by atoms with Crippen molar-refractivity contribution < 1.29 is 14.3 Å². The molecule has 7 heteroatoms. The Morgan fingerprint density at radius 3 is 2.92 bits per heavy atom. The number of anilines is 1. The van der Waals surface area contributed by atoms with E-state index in [0.29, 0.717) is 13.2 Å². The number of amides is 1. The maximum atomic E-state index is 12.3. The molecular formula is C19H27N3O3S. The summed E-state index contributed by atoms with van der Waals surface area (Å²) in [7, 11) is 1.68. The number of nitrogens with one attached hydrogen (secondary N) is 1. The first kappa shape index (κ1) is 18.9. The molecule has 1 N–H and O–H groups in total. The standard InChI is InChI=1S/C19H27N3O3S/c1-3-25-12-4-9-20-18(23)14-7-10-22(11-8-14)19-21-16-6-5-15(24-2)13-17(16)26-19/h5-6,13-14H,3-4,7-12H2,1-2H3,(H,20,23). The first-order valence-corrected chi connectivity index (χ1v) is 10.1. The van der Waals surface area contributed by atoms with Crippen LogP contribution >= 0.6 is 11.3 Å². The second-order valence-corrected chi connectivity index (χ2v) is 7.44. The second-order valence-electron chi connectivity index (χ2n) is 6.43. The number of aromatic nitrogens is 1. The van der Waals surface area contributed by atoms with Crippen LogP contribution in [0.3, 0.4) is 0 Å². The molecule has 1 saturated heterocycles. The third kappa shape index (κ3) is 4.65. The minimum atomic E-state index is 0.104. The van der Waals surface area contributed by atoms with Gasteiger partial charge in [-0.25, -0.2) is 4.98 Å². The van der Waals surface area contributed by atoms with E-state index in [4.69, 9.17) is 14.5 Å². The van der Waals surface area contributed by atoms with E-state index in [0.717, 1.165) is 60.1 Å². The third-order valence-electron chi connectivity index (χ3n) is 4.69. The van der Waals surface area contributed by atoms with Crippen LogP contribution in [0.2, 0.25) is 0 Å². The van der Waals surface area contributed by atoms with Gasteiger partial charge in [0, 0.05) is 38.8 Å². The van der Waals surface area contributed by atoms with Crippen molar-refractivity contribution in [3.8, 4) is 5.75 Å². The Morgan fingerprint density at radius 1 is 1.38 bits per heavy atom. The molecule has 0 atom stereocenters. The van der Waals surface area contributed by atoms with Crippen LogP contribution < -0.4 is 15.0 Å². The summed E-state index contributed by atoms with van der Waals surface area (Å²) >= 11 is 1.68. The number of methoxy groups -OCH3 is 1. The second kappa shape index (κ2) is 9.19. The Bertz CT molecular complexity index is 726. The average molecular weight is 378 g/mol. The normalized spacial score (nSPS) is 15.4. The van der Waals surface area contributed by atoms with E-state index < -0.39 is 0 Å². The Hall–Kier alpha value is -1.86. The van der Waals surface area contributed by atoms with E-state index in [1.165, 1.54) is 0 Å². The van der Waals surface area contributed by atoms with Gasteiger partial charge in [0.05, 0.1) is 17.3 Å². The van der Waals surface area contributed by atoms with Crippen molar-refractivity contribution in [2.24, 2.45) is 5.92 Å². The lowest BCUT2D eigenvalue weighted by Crippen LogP contribution is -2.40. The number of fused-ring (bicyclic) bond motifs is 1. The Morgan fingerprint density at radius 2 is 2.19 bits per heavy atom. The minimum Gasteiger partial charge on any atom is -0.497 e. The van der Waals surface area contributed by atoms with Gasteiger partial charge in [-0.3, -0.25) is 4.79 Å². The van der Waals surface area contributed by atoms with Gasteiger partial charge in [-0.15, -0.1) is 0 Å². The summed E-state index contributed by atoms with van der Waals surface area (Å²) in [6, 6.07) is 5.96. The molecular weight excluding hydrogens is 350 g/mol. The van der Waals surface area contributed by atoms with Gasteiger partial charge in [-0.1, -0.05) is 11.3 Å². The van der Waals surface area contributed by atoms with Crippen LogP contribution in [0, 0.1) is 5.92 Å². The first-order chi connectivity index (χ1) is 12.7. The van der Waals surface area contributed by atoms with E-state index in [1.54, 1.807) is 18.4 Å². The van der Waals surface area contributed by atoms with Crippen molar-refractivity contribution in [3.63, 3.8) is 0 Å². The van der Waals surface area contributed by atoms with Gasteiger partial charge >= 0.3 is 0 Å². The van der Waals surface area contributed by atoms with E-state index in [2.05, 4.69) is 10.2 Å². The highest BCUT2D eigenvalue weighted by molar-refractivity contribution is 7.22. The van der Waals surface area contributed by atoms with Crippen LogP contribution in [0.25, 0.3) is 10.2 Å². The van der Waals surface area contributed by atoms with Crippen molar-refractivity contribution in [2.45, 2.75) is 26.2 Å². The largest absolute Gasteiger partial charge is 0.497 e. The summed E-state index contributed by atoms with van der Waals surface area (Å²) in [5, 5.41) is 4.07. The SMILES string of the molecule is CCOCCCNC(=O)C1CCN(c2nc3ccc(OC)cc3s2)CC1. The Balaban J connectivity index is 1.49. The quantitative estimate of drug-likeness (QED) is 0.717. The van der Waals surface area contributed by atoms with Crippen LogP contribution in [-0.2, 0) is 9.53 Å². The van der Waals surface area contributed by atoms with Crippen molar-refractivity contribution >= 4 is 32.6 Å².